The third-order valence-corrected chi connectivity index (χ3v) is 8.27. The second-order valence-corrected chi connectivity index (χ2v) is 10.4. The van der Waals surface area contributed by atoms with E-state index in [-0.39, 0.29) is 23.6 Å². The summed E-state index contributed by atoms with van der Waals surface area (Å²) in [7, 11) is -2.86. The highest BCUT2D eigenvalue weighted by atomic mass is 32.2. The molecular formula is C17H27N3O4S. The van der Waals surface area contributed by atoms with Crippen molar-refractivity contribution in [3.05, 3.63) is 0 Å². The number of carbonyl (C=O) groups is 2. The van der Waals surface area contributed by atoms with Gasteiger partial charge < -0.3 is 0 Å². The second kappa shape index (κ2) is 6.32. The van der Waals surface area contributed by atoms with E-state index in [1.165, 1.54) is 4.90 Å². The molecule has 0 aromatic rings. The van der Waals surface area contributed by atoms with Gasteiger partial charge in [-0.05, 0) is 19.3 Å². The van der Waals surface area contributed by atoms with Crippen LogP contribution in [0.2, 0.25) is 0 Å². The first-order valence-corrected chi connectivity index (χ1v) is 11.2. The first-order valence-electron chi connectivity index (χ1n) is 9.40. The Morgan fingerprint density at radius 1 is 1.04 bits per heavy atom. The van der Waals surface area contributed by atoms with Crippen LogP contribution in [0.3, 0.4) is 0 Å². The lowest BCUT2D eigenvalue weighted by atomic mass is 9.85. The standard InChI is InChI=1S/C17H27N3O4S/c21-15-11-17(4-1-2-5-17)16(22)20(15)13-18-6-8-19(9-7-18)14-3-10-25(23,24)12-14/h14H,1-13H2/t14-/m0/s1. The average Bonchev–Trinajstić information content (AvgIpc) is 3.24. The van der Waals surface area contributed by atoms with Crippen molar-refractivity contribution < 1.29 is 18.0 Å². The van der Waals surface area contributed by atoms with E-state index in [0.717, 1.165) is 58.3 Å². The number of hydrogen-bond acceptors (Lipinski definition) is 6. The van der Waals surface area contributed by atoms with Crippen molar-refractivity contribution in [3.63, 3.8) is 0 Å². The largest absolute Gasteiger partial charge is 0.297 e. The summed E-state index contributed by atoms with van der Waals surface area (Å²) in [5.41, 5.74) is -0.392. The number of piperazine rings is 1. The number of rotatable bonds is 3. The first-order chi connectivity index (χ1) is 11.9. The zero-order valence-electron chi connectivity index (χ0n) is 14.7. The Hall–Kier alpha value is -0.990. The maximum atomic E-state index is 12.8. The Labute approximate surface area is 149 Å². The van der Waals surface area contributed by atoms with Crippen molar-refractivity contribution >= 4 is 21.7 Å². The fourth-order valence-electron chi connectivity index (χ4n) is 4.98. The number of amides is 2. The molecule has 8 heteroatoms. The molecule has 0 bridgehead atoms. The van der Waals surface area contributed by atoms with Crippen LogP contribution in [-0.2, 0) is 19.4 Å². The summed E-state index contributed by atoms with van der Waals surface area (Å²) in [5, 5.41) is 0. The monoisotopic (exact) mass is 369 g/mol. The zero-order chi connectivity index (χ0) is 17.7. The predicted octanol–water partition coefficient (Wildman–Crippen LogP) is 0.0679. The Morgan fingerprint density at radius 3 is 2.32 bits per heavy atom. The van der Waals surface area contributed by atoms with Gasteiger partial charge in [-0.3, -0.25) is 24.3 Å². The highest BCUT2D eigenvalue weighted by molar-refractivity contribution is 7.91. The first kappa shape index (κ1) is 17.4. The molecule has 4 fully saturated rings. The van der Waals surface area contributed by atoms with Gasteiger partial charge >= 0.3 is 0 Å². The molecule has 4 rings (SSSR count). The van der Waals surface area contributed by atoms with Gasteiger partial charge in [0.15, 0.2) is 9.84 Å². The lowest BCUT2D eigenvalue weighted by Gasteiger charge is -2.38. The fraction of sp³-hybridized carbons (Fsp3) is 0.882. The molecule has 3 saturated heterocycles. The summed E-state index contributed by atoms with van der Waals surface area (Å²) < 4.78 is 23.3. The molecule has 140 valence electrons. The van der Waals surface area contributed by atoms with Gasteiger partial charge in [0.05, 0.1) is 23.6 Å². The minimum absolute atomic E-state index is 0.0174. The minimum Gasteiger partial charge on any atom is -0.297 e. The van der Waals surface area contributed by atoms with E-state index in [1.807, 2.05) is 0 Å². The van der Waals surface area contributed by atoms with Crippen molar-refractivity contribution in [2.24, 2.45) is 5.41 Å². The molecule has 25 heavy (non-hydrogen) atoms. The fourth-order valence-corrected chi connectivity index (χ4v) is 6.74. The molecule has 1 aliphatic carbocycles. The molecule has 7 nitrogen and oxygen atoms in total. The summed E-state index contributed by atoms with van der Waals surface area (Å²) in [5.74, 6) is 0.602. The number of likely N-dealkylation sites (tertiary alicyclic amines) is 1. The molecule has 0 N–H and O–H groups in total. The van der Waals surface area contributed by atoms with Gasteiger partial charge in [-0.1, -0.05) is 12.8 Å². The quantitative estimate of drug-likeness (QED) is 0.655. The van der Waals surface area contributed by atoms with Crippen molar-refractivity contribution in [3.8, 4) is 0 Å². The molecule has 0 unspecified atom stereocenters. The average molecular weight is 369 g/mol. The van der Waals surface area contributed by atoms with E-state index in [4.69, 9.17) is 0 Å². The molecule has 2 amide bonds. The van der Waals surface area contributed by atoms with Crippen LogP contribution in [0.5, 0.6) is 0 Å². The Morgan fingerprint density at radius 2 is 1.72 bits per heavy atom. The van der Waals surface area contributed by atoms with E-state index in [1.54, 1.807) is 0 Å². The van der Waals surface area contributed by atoms with E-state index in [2.05, 4.69) is 9.80 Å². The van der Waals surface area contributed by atoms with Crippen LogP contribution in [0, 0.1) is 5.41 Å². The third-order valence-electron chi connectivity index (χ3n) is 6.52. The number of imide groups is 1. The number of sulfone groups is 1. The smallest absolute Gasteiger partial charge is 0.237 e. The Balaban J connectivity index is 1.32. The van der Waals surface area contributed by atoms with Gasteiger partial charge in [0, 0.05) is 38.6 Å². The van der Waals surface area contributed by atoms with Gasteiger partial charge in [0.1, 0.15) is 0 Å². The van der Waals surface area contributed by atoms with E-state index in [0.29, 0.717) is 18.8 Å². The van der Waals surface area contributed by atoms with Gasteiger partial charge in [0.25, 0.3) is 0 Å². The maximum absolute atomic E-state index is 12.8. The molecule has 3 aliphatic heterocycles. The predicted molar refractivity (Wildman–Crippen MR) is 92.4 cm³/mol. The molecule has 1 saturated carbocycles. The summed E-state index contributed by atoms with van der Waals surface area (Å²) in [6.45, 7) is 3.57. The van der Waals surface area contributed by atoms with Crippen molar-refractivity contribution in [2.75, 3.05) is 44.4 Å². The van der Waals surface area contributed by atoms with E-state index < -0.39 is 15.3 Å². The molecule has 1 atom stereocenters. The lowest BCUT2D eigenvalue weighted by Crippen LogP contribution is -2.54. The Kier molecular flexibility index (Phi) is 4.40. The van der Waals surface area contributed by atoms with Crippen LogP contribution in [-0.4, -0.2) is 85.3 Å². The summed E-state index contributed by atoms with van der Waals surface area (Å²) in [6.07, 6.45) is 4.95. The normalized spacial score (nSPS) is 33.0. The Bertz CT molecular complexity index is 663. The summed E-state index contributed by atoms with van der Waals surface area (Å²) in [6, 6.07) is 0.143. The molecular weight excluding hydrogens is 342 g/mol. The van der Waals surface area contributed by atoms with Crippen molar-refractivity contribution in [2.45, 2.75) is 44.6 Å². The zero-order valence-corrected chi connectivity index (χ0v) is 15.5. The molecule has 0 aromatic carbocycles. The van der Waals surface area contributed by atoms with Crippen LogP contribution in [0.15, 0.2) is 0 Å². The maximum Gasteiger partial charge on any atom is 0.237 e. The van der Waals surface area contributed by atoms with E-state index in [9.17, 15) is 18.0 Å². The number of nitrogens with zero attached hydrogens (tertiary/aromatic N) is 3. The van der Waals surface area contributed by atoms with Gasteiger partial charge in [0.2, 0.25) is 11.8 Å². The molecule has 4 aliphatic rings. The topological polar surface area (TPSA) is 78.0 Å². The van der Waals surface area contributed by atoms with E-state index >= 15 is 0 Å². The SMILES string of the molecule is O=C1CC2(CCCC2)C(=O)N1CN1CCN([C@H]2CCS(=O)(=O)C2)CC1. The van der Waals surface area contributed by atoms with Crippen LogP contribution < -0.4 is 0 Å². The summed E-state index contributed by atoms with van der Waals surface area (Å²) >= 11 is 0. The second-order valence-electron chi connectivity index (χ2n) is 8.14. The molecule has 0 aromatic heterocycles. The van der Waals surface area contributed by atoms with Crippen LogP contribution in [0.25, 0.3) is 0 Å². The summed E-state index contributed by atoms with van der Waals surface area (Å²) in [4.78, 5) is 31.0. The molecule has 3 heterocycles. The van der Waals surface area contributed by atoms with Gasteiger partial charge in [-0.15, -0.1) is 0 Å². The van der Waals surface area contributed by atoms with Crippen LogP contribution in [0.4, 0.5) is 0 Å². The van der Waals surface area contributed by atoms with Crippen molar-refractivity contribution in [1.29, 1.82) is 0 Å². The number of carbonyl (C=O) groups excluding carboxylic acids is 2. The highest BCUT2D eigenvalue weighted by Crippen LogP contribution is 2.46. The molecule has 1 spiro atoms. The van der Waals surface area contributed by atoms with Gasteiger partial charge in [-0.2, -0.15) is 0 Å². The highest BCUT2D eigenvalue weighted by Gasteiger charge is 2.52. The van der Waals surface area contributed by atoms with Crippen molar-refractivity contribution in [1.82, 2.24) is 14.7 Å². The van der Waals surface area contributed by atoms with Crippen LogP contribution in [0.1, 0.15) is 38.5 Å². The third kappa shape index (κ3) is 3.24. The number of hydrogen-bond donors (Lipinski definition) is 0. The lowest BCUT2D eigenvalue weighted by molar-refractivity contribution is -0.144. The van der Waals surface area contributed by atoms with Gasteiger partial charge in [-0.25, -0.2) is 8.42 Å². The van der Waals surface area contributed by atoms with Crippen LogP contribution >= 0.6 is 0 Å². The minimum atomic E-state index is -2.86. The molecule has 0 radical (unpaired) electrons.